The zero-order valence-electron chi connectivity index (χ0n) is 13.1. The van der Waals surface area contributed by atoms with Crippen molar-refractivity contribution in [3.8, 4) is 10.4 Å². The van der Waals surface area contributed by atoms with Crippen molar-refractivity contribution in [2.45, 2.75) is 13.5 Å². The first-order chi connectivity index (χ1) is 12.1. The third-order valence-corrected chi connectivity index (χ3v) is 6.19. The summed E-state index contributed by atoms with van der Waals surface area (Å²) in [6.07, 6.45) is 1.42. The monoisotopic (exact) mass is 388 g/mol. The number of thiazole rings is 1. The van der Waals surface area contributed by atoms with Gasteiger partial charge in [0, 0.05) is 21.2 Å². The number of anilines is 1. The molecule has 4 aromatic heterocycles. The van der Waals surface area contributed by atoms with Crippen molar-refractivity contribution in [2.24, 2.45) is 0 Å². The Hall–Kier alpha value is -2.36. The number of aromatic nitrogens is 3. The Balaban J connectivity index is 1.66. The topological polar surface area (TPSA) is 76.9 Å². The lowest BCUT2D eigenvalue weighted by Crippen LogP contribution is -2.27. The van der Waals surface area contributed by atoms with E-state index in [-0.39, 0.29) is 18.0 Å². The van der Waals surface area contributed by atoms with Crippen molar-refractivity contribution < 1.29 is 4.79 Å². The summed E-state index contributed by atoms with van der Waals surface area (Å²) in [7, 11) is 0. The Labute approximate surface area is 154 Å². The molecule has 9 heteroatoms. The van der Waals surface area contributed by atoms with Gasteiger partial charge in [0.25, 0.3) is 5.56 Å². The standard InChI is InChI=1S/C16H12N4O2S3/c1-9-6-25-16(18-9)19-12(21)5-20-8-17-14-13(15(20)22)10(7-24-14)11-3-2-4-23-11/h2-4,6-8H,5H2,1H3,(H,18,19,21). The summed E-state index contributed by atoms with van der Waals surface area (Å²) in [4.78, 5) is 35.3. The maximum Gasteiger partial charge on any atom is 0.263 e. The summed E-state index contributed by atoms with van der Waals surface area (Å²) in [5, 5.41) is 9.56. The normalized spacial score (nSPS) is 11.1. The van der Waals surface area contributed by atoms with Crippen LogP contribution in [0.25, 0.3) is 20.7 Å². The summed E-state index contributed by atoms with van der Waals surface area (Å²) >= 11 is 4.36. The van der Waals surface area contributed by atoms with Crippen molar-refractivity contribution in [3.63, 3.8) is 0 Å². The largest absolute Gasteiger partial charge is 0.300 e. The molecule has 0 aliphatic rings. The van der Waals surface area contributed by atoms with Crippen LogP contribution in [0.2, 0.25) is 0 Å². The van der Waals surface area contributed by atoms with E-state index in [4.69, 9.17) is 0 Å². The van der Waals surface area contributed by atoms with Crippen LogP contribution in [0.1, 0.15) is 5.69 Å². The van der Waals surface area contributed by atoms with E-state index >= 15 is 0 Å². The predicted molar refractivity (Wildman–Crippen MR) is 103 cm³/mol. The van der Waals surface area contributed by atoms with E-state index in [1.165, 1.54) is 33.6 Å². The number of aryl methyl sites for hydroxylation is 1. The number of hydrogen-bond donors (Lipinski definition) is 1. The van der Waals surface area contributed by atoms with E-state index < -0.39 is 0 Å². The maximum absolute atomic E-state index is 12.8. The molecule has 0 spiro atoms. The SMILES string of the molecule is Cc1csc(NC(=O)Cn2cnc3scc(-c4cccs4)c3c2=O)n1. The Morgan fingerprint density at radius 1 is 1.28 bits per heavy atom. The minimum absolute atomic E-state index is 0.0971. The van der Waals surface area contributed by atoms with Crippen molar-refractivity contribution in [1.29, 1.82) is 0 Å². The van der Waals surface area contributed by atoms with E-state index in [0.717, 1.165) is 16.1 Å². The first-order valence-corrected chi connectivity index (χ1v) is 9.98. The number of fused-ring (bicyclic) bond motifs is 1. The molecule has 1 amide bonds. The van der Waals surface area contributed by atoms with E-state index in [1.54, 1.807) is 11.3 Å². The Morgan fingerprint density at radius 3 is 2.88 bits per heavy atom. The van der Waals surface area contributed by atoms with E-state index in [9.17, 15) is 9.59 Å². The number of nitrogens with zero attached hydrogens (tertiary/aromatic N) is 3. The van der Waals surface area contributed by atoms with Crippen LogP contribution in [0.5, 0.6) is 0 Å². The number of carbonyl (C=O) groups is 1. The molecule has 4 rings (SSSR count). The highest BCUT2D eigenvalue weighted by atomic mass is 32.1. The lowest BCUT2D eigenvalue weighted by Gasteiger charge is -2.05. The molecule has 0 fully saturated rings. The molecule has 0 aromatic carbocycles. The van der Waals surface area contributed by atoms with Crippen molar-refractivity contribution in [1.82, 2.24) is 14.5 Å². The second-order valence-corrected chi connectivity index (χ2v) is 7.99. The number of thiophene rings is 2. The van der Waals surface area contributed by atoms with E-state index in [0.29, 0.717) is 15.3 Å². The molecule has 0 unspecified atom stereocenters. The predicted octanol–water partition coefficient (Wildman–Crippen LogP) is 3.59. The fourth-order valence-corrected chi connectivity index (χ4v) is 4.84. The highest BCUT2D eigenvalue weighted by Crippen LogP contribution is 2.33. The Bertz CT molecular complexity index is 1110. The van der Waals surface area contributed by atoms with Crippen LogP contribution in [0.15, 0.2) is 39.4 Å². The highest BCUT2D eigenvalue weighted by Gasteiger charge is 2.15. The average Bonchev–Trinajstić information content (AvgIpc) is 3.30. The van der Waals surface area contributed by atoms with Crippen LogP contribution in [0, 0.1) is 6.92 Å². The molecule has 0 saturated carbocycles. The van der Waals surface area contributed by atoms with Gasteiger partial charge in [0.15, 0.2) is 5.13 Å². The summed E-state index contributed by atoms with van der Waals surface area (Å²) in [6, 6.07) is 3.92. The minimum atomic E-state index is -0.300. The number of amides is 1. The molecule has 1 N–H and O–H groups in total. The van der Waals surface area contributed by atoms with Gasteiger partial charge in [-0.3, -0.25) is 14.2 Å². The van der Waals surface area contributed by atoms with Gasteiger partial charge in [-0.2, -0.15) is 0 Å². The smallest absolute Gasteiger partial charge is 0.263 e. The zero-order valence-corrected chi connectivity index (χ0v) is 15.5. The molecule has 0 atom stereocenters. The van der Waals surface area contributed by atoms with Gasteiger partial charge in [-0.05, 0) is 18.4 Å². The zero-order chi connectivity index (χ0) is 17.4. The molecular weight excluding hydrogens is 376 g/mol. The van der Waals surface area contributed by atoms with Crippen LogP contribution in [-0.2, 0) is 11.3 Å². The second-order valence-electron chi connectivity index (χ2n) is 5.33. The van der Waals surface area contributed by atoms with Crippen molar-refractivity contribution >= 4 is 55.3 Å². The fraction of sp³-hybridized carbons (Fsp3) is 0.125. The summed E-state index contributed by atoms with van der Waals surface area (Å²) in [5.41, 5.74) is 1.51. The summed E-state index contributed by atoms with van der Waals surface area (Å²) in [6.45, 7) is 1.76. The molecule has 0 bridgehead atoms. The highest BCUT2D eigenvalue weighted by molar-refractivity contribution is 7.18. The second kappa shape index (κ2) is 6.51. The minimum Gasteiger partial charge on any atom is -0.300 e. The van der Waals surface area contributed by atoms with Crippen LogP contribution in [-0.4, -0.2) is 20.4 Å². The van der Waals surface area contributed by atoms with Crippen molar-refractivity contribution in [3.05, 3.63) is 50.6 Å². The van der Waals surface area contributed by atoms with Gasteiger partial charge in [0.2, 0.25) is 5.91 Å². The molecule has 6 nitrogen and oxygen atoms in total. The Morgan fingerprint density at radius 2 is 2.16 bits per heavy atom. The molecule has 0 aliphatic carbocycles. The number of hydrogen-bond acceptors (Lipinski definition) is 7. The average molecular weight is 388 g/mol. The van der Waals surface area contributed by atoms with Gasteiger partial charge in [-0.15, -0.1) is 34.0 Å². The fourth-order valence-electron chi connectivity index (χ4n) is 2.42. The van der Waals surface area contributed by atoms with Gasteiger partial charge >= 0.3 is 0 Å². The lowest BCUT2D eigenvalue weighted by atomic mass is 10.2. The first-order valence-electron chi connectivity index (χ1n) is 7.34. The van der Waals surface area contributed by atoms with Gasteiger partial charge in [-0.1, -0.05) is 6.07 Å². The van der Waals surface area contributed by atoms with Crippen molar-refractivity contribution in [2.75, 3.05) is 5.32 Å². The van der Waals surface area contributed by atoms with Crippen LogP contribution >= 0.6 is 34.0 Å². The summed E-state index contributed by atoms with van der Waals surface area (Å²) < 4.78 is 1.34. The molecular formula is C16H12N4O2S3. The van der Waals surface area contributed by atoms with Gasteiger partial charge in [-0.25, -0.2) is 9.97 Å². The first kappa shape index (κ1) is 16.1. The van der Waals surface area contributed by atoms with E-state index in [2.05, 4.69) is 15.3 Å². The van der Waals surface area contributed by atoms with Crippen LogP contribution in [0.4, 0.5) is 5.13 Å². The van der Waals surface area contributed by atoms with Gasteiger partial charge < -0.3 is 5.32 Å². The molecule has 25 heavy (non-hydrogen) atoms. The maximum atomic E-state index is 12.8. The van der Waals surface area contributed by atoms with Crippen LogP contribution < -0.4 is 10.9 Å². The number of rotatable bonds is 4. The number of carbonyl (C=O) groups excluding carboxylic acids is 1. The molecule has 0 saturated heterocycles. The molecule has 4 aromatic rings. The summed E-state index contributed by atoms with van der Waals surface area (Å²) in [5.74, 6) is -0.300. The molecule has 4 heterocycles. The van der Waals surface area contributed by atoms with Crippen LogP contribution in [0.3, 0.4) is 0 Å². The van der Waals surface area contributed by atoms with Gasteiger partial charge in [0.1, 0.15) is 11.4 Å². The van der Waals surface area contributed by atoms with Gasteiger partial charge in [0.05, 0.1) is 17.4 Å². The lowest BCUT2D eigenvalue weighted by molar-refractivity contribution is -0.116. The third kappa shape index (κ3) is 3.13. The third-order valence-electron chi connectivity index (χ3n) is 3.53. The van der Waals surface area contributed by atoms with E-state index in [1.807, 2.05) is 35.2 Å². The Kier molecular flexibility index (Phi) is 4.20. The molecule has 126 valence electrons. The molecule has 0 aliphatic heterocycles. The quantitative estimate of drug-likeness (QED) is 0.580. The molecule has 0 radical (unpaired) electrons. The number of nitrogens with one attached hydrogen (secondary N) is 1.